The first-order valence-electron chi connectivity index (χ1n) is 9.14. The van der Waals surface area contributed by atoms with Gasteiger partial charge in [-0.05, 0) is 24.1 Å². The van der Waals surface area contributed by atoms with Gasteiger partial charge in [-0.1, -0.05) is 25.5 Å². The molecule has 7 nitrogen and oxygen atoms in total. The Morgan fingerprint density at radius 3 is 2.64 bits per heavy atom. The minimum absolute atomic E-state index is 0.00225. The monoisotopic (exact) mass is 381 g/mol. The standard InChI is InChI=1S/C21H23N3O4/c1-3-4-14-11-17-19(21(26)24(14)9-10-25)18(16(12-22)20(23)28-17)13-5-7-15(27-2)8-6-13/h5-8,11,18,25H,3-4,9-10,23H2,1-2H3. The zero-order chi connectivity index (χ0) is 20.3. The molecule has 7 heteroatoms. The van der Waals surface area contributed by atoms with Crippen LogP contribution in [-0.4, -0.2) is 23.4 Å². The van der Waals surface area contributed by atoms with Crippen molar-refractivity contribution in [2.24, 2.45) is 5.73 Å². The maximum atomic E-state index is 13.3. The number of nitriles is 1. The number of methoxy groups -OCH3 is 1. The fraction of sp³-hybridized carbons (Fsp3) is 0.333. The predicted molar refractivity (Wildman–Crippen MR) is 104 cm³/mol. The van der Waals surface area contributed by atoms with Gasteiger partial charge in [-0.25, -0.2) is 0 Å². The number of nitrogens with two attached hydrogens (primary N) is 1. The van der Waals surface area contributed by atoms with Crippen LogP contribution in [0.5, 0.6) is 11.5 Å². The molecule has 0 radical (unpaired) electrons. The molecule has 1 aliphatic rings. The van der Waals surface area contributed by atoms with E-state index in [1.54, 1.807) is 42.0 Å². The third-order valence-electron chi connectivity index (χ3n) is 4.85. The molecule has 146 valence electrons. The van der Waals surface area contributed by atoms with Crippen LogP contribution in [0.15, 0.2) is 46.6 Å². The second kappa shape index (κ2) is 8.19. The summed E-state index contributed by atoms with van der Waals surface area (Å²) in [7, 11) is 1.57. The van der Waals surface area contributed by atoms with E-state index in [2.05, 4.69) is 6.07 Å². The summed E-state index contributed by atoms with van der Waals surface area (Å²) in [4.78, 5) is 13.3. The van der Waals surface area contributed by atoms with Crippen molar-refractivity contribution in [3.63, 3.8) is 0 Å². The molecule has 2 heterocycles. The Morgan fingerprint density at radius 1 is 1.36 bits per heavy atom. The Labute approximate surface area is 163 Å². The highest BCUT2D eigenvalue weighted by Gasteiger charge is 2.34. The smallest absolute Gasteiger partial charge is 0.258 e. The highest BCUT2D eigenvalue weighted by molar-refractivity contribution is 5.55. The van der Waals surface area contributed by atoms with Gasteiger partial charge in [0.15, 0.2) is 0 Å². The highest BCUT2D eigenvalue weighted by atomic mass is 16.5. The summed E-state index contributed by atoms with van der Waals surface area (Å²) in [5, 5.41) is 19.1. The lowest BCUT2D eigenvalue weighted by Crippen LogP contribution is -2.34. The number of aliphatic hydroxyl groups is 1. The third-order valence-corrected chi connectivity index (χ3v) is 4.85. The van der Waals surface area contributed by atoms with Crippen LogP contribution >= 0.6 is 0 Å². The summed E-state index contributed by atoms with van der Waals surface area (Å²) in [5.74, 6) is 0.382. The van der Waals surface area contributed by atoms with Crippen LogP contribution < -0.4 is 20.8 Å². The van der Waals surface area contributed by atoms with Gasteiger partial charge in [-0.15, -0.1) is 0 Å². The van der Waals surface area contributed by atoms with Crippen LogP contribution in [0.3, 0.4) is 0 Å². The van der Waals surface area contributed by atoms with E-state index in [1.807, 2.05) is 6.92 Å². The maximum absolute atomic E-state index is 13.3. The predicted octanol–water partition coefficient (Wildman–Crippen LogP) is 2.02. The van der Waals surface area contributed by atoms with E-state index in [-0.39, 0.29) is 30.2 Å². The third kappa shape index (κ3) is 3.35. The Kier molecular flexibility index (Phi) is 5.71. The fourth-order valence-corrected chi connectivity index (χ4v) is 3.56. The van der Waals surface area contributed by atoms with Crippen molar-refractivity contribution in [3.8, 4) is 17.6 Å². The van der Waals surface area contributed by atoms with Gasteiger partial charge in [0.05, 0.1) is 25.2 Å². The molecule has 1 aromatic carbocycles. The Hall–Kier alpha value is -3.24. The van der Waals surface area contributed by atoms with E-state index in [0.717, 1.165) is 17.7 Å². The first kappa shape index (κ1) is 19.5. The van der Waals surface area contributed by atoms with E-state index < -0.39 is 5.92 Å². The minimum Gasteiger partial charge on any atom is -0.497 e. The summed E-state index contributed by atoms with van der Waals surface area (Å²) in [6.07, 6.45) is 1.49. The summed E-state index contributed by atoms with van der Waals surface area (Å²) in [6, 6.07) is 11.0. The van der Waals surface area contributed by atoms with Crippen LogP contribution in [0.4, 0.5) is 0 Å². The zero-order valence-electron chi connectivity index (χ0n) is 15.9. The van der Waals surface area contributed by atoms with Gasteiger partial charge in [0.25, 0.3) is 5.56 Å². The first-order valence-corrected chi connectivity index (χ1v) is 9.14. The molecule has 0 fully saturated rings. The lowest BCUT2D eigenvalue weighted by Gasteiger charge is -2.27. The quantitative estimate of drug-likeness (QED) is 0.792. The zero-order valence-corrected chi connectivity index (χ0v) is 15.9. The fourth-order valence-electron chi connectivity index (χ4n) is 3.56. The number of aryl methyl sites for hydroxylation is 1. The summed E-state index contributed by atoms with van der Waals surface area (Å²) in [5.41, 5.74) is 7.78. The van der Waals surface area contributed by atoms with E-state index in [9.17, 15) is 15.2 Å². The molecule has 28 heavy (non-hydrogen) atoms. The van der Waals surface area contributed by atoms with Gasteiger partial charge in [-0.2, -0.15) is 5.26 Å². The molecule has 0 saturated carbocycles. The summed E-state index contributed by atoms with van der Waals surface area (Å²) >= 11 is 0. The molecular weight excluding hydrogens is 358 g/mol. The number of ether oxygens (including phenoxy) is 2. The number of aliphatic hydroxyl groups excluding tert-OH is 1. The van der Waals surface area contributed by atoms with Crippen LogP contribution in [0.2, 0.25) is 0 Å². The SMILES string of the molecule is CCCc1cc2c(c(=O)n1CCO)C(c1ccc(OC)cc1)C(C#N)=C(N)O2. The molecule has 3 rings (SSSR count). The summed E-state index contributed by atoms with van der Waals surface area (Å²) < 4.78 is 12.4. The second-order valence-corrected chi connectivity index (χ2v) is 6.54. The Bertz CT molecular complexity index is 1000. The molecule has 1 atom stereocenters. The number of nitrogens with zero attached hydrogens (tertiary/aromatic N) is 2. The number of fused-ring (bicyclic) bond motifs is 1. The van der Waals surface area contributed by atoms with Gasteiger partial charge in [0.1, 0.15) is 23.1 Å². The molecule has 0 aliphatic carbocycles. The molecule has 3 N–H and O–H groups in total. The molecule has 0 amide bonds. The molecule has 2 aromatic rings. The van der Waals surface area contributed by atoms with Gasteiger partial charge in [0.2, 0.25) is 5.88 Å². The average molecular weight is 381 g/mol. The largest absolute Gasteiger partial charge is 0.497 e. The highest BCUT2D eigenvalue weighted by Crippen LogP contribution is 2.40. The molecule has 0 bridgehead atoms. The lowest BCUT2D eigenvalue weighted by atomic mass is 9.84. The summed E-state index contributed by atoms with van der Waals surface area (Å²) in [6.45, 7) is 2.03. The molecule has 0 saturated heterocycles. The van der Waals surface area contributed by atoms with Crippen LogP contribution in [0.25, 0.3) is 0 Å². The molecular formula is C21H23N3O4. The van der Waals surface area contributed by atoms with Crippen molar-refractivity contribution in [3.05, 3.63) is 69.0 Å². The molecule has 0 spiro atoms. The van der Waals surface area contributed by atoms with Crippen molar-refractivity contribution in [1.82, 2.24) is 4.57 Å². The molecule has 1 aromatic heterocycles. The van der Waals surface area contributed by atoms with Crippen molar-refractivity contribution in [2.45, 2.75) is 32.2 Å². The number of aromatic nitrogens is 1. The number of pyridine rings is 1. The van der Waals surface area contributed by atoms with E-state index in [0.29, 0.717) is 23.5 Å². The number of allylic oxidation sites excluding steroid dienone is 1. The van der Waals surface area contributed by atoms with Crippen molar-refractivity contribution in [1.29, 1.82) is 5.26 Å². The Balaban J connectivity index is 2.26. The van der Waals surface area contributed by atoms with Crippen molar-refractivity contribution >= 4 is 0 Å². The maximum Gasteiger partial charge on any atom is 0.258 e. The van der Waals surface area contributed by atoms with Gasteiger partial charge < -0.3 is 24.9 Å². The van der Waals surface area contributed by atoms with E-state index in [4.69, 9.17) is 15.2 Å². The number of benzene rings is 1. The average Bonchev–Trinajstić information content (AvgIpc) is 2.70. The van der Waals surface area contributed by atoms with Gasteiger partial charge >= 0.3 is 0 Å². The van der Waals surface area contributed by atoms with E-state index in [1.165, 1.54) is 0 Å². The molecule has 1 unspecified atom stereocenters. The number of hydrogen-bond acceptors (Lipinski definition) is 6. The van der Waals surface area contributed by atoms with E-state index >= 15 is 0 Å². The van der Waals surface area contributed by atoms with Gasteiger partial charge in [-0.3, -0.25) is 4.79 Å². The minimum atomic E-state index is -0.646. The second-order valence-electron chi connectivity index (χ2n) is 6.54. The van der Waals surface area contributed by atoms with Crippen molar-refractivity contribution < 1.29 is 14.6 Å². The van der Waals surface area contributed by atoms with Crippen LogP contribution in [0, 0.1) is 11.3 Å². The van der Waals surface area contributed by atoms with Crippen LogP contribution in [0.1, 0.15) is 36.1 Å². The Morgan fingerprint density at radius 2 is 2.07 bits per heavy atom. The van der Waals surface area contributed by atoms with Crippen molar-refractivity contribution in [2.75, 3.05) is 13.7 Å². The van der Waals surface area contributed by atoms with Crippen LogP contribution in [-0.2, 0) is 13.0 Å². The molecule has 1 aliphatic heterocycles. The lowest BCUT2D eigenvalue weighted by molar-refractivity contribution is 0.271. The number of rotatable bonds is 6. The number of hydrogen-bond donors (Lipinski definition) is 2. The van der Waals surface area contributed by atoms with Gasteiger partial charge in [0, 0.05) is 18.3 Å². The topological polar surface area (TPSA) is 110 Å². The first-order chi connectivity index (χ1) is 13.5. The normalized spacial score (nSPS) is 15.6.